The van der Waals surface area contributed by atoms with Crippen LogP contribution < -0.4 is 10.2 Å². The maximum atomic E-state index is 12.0. The van der Waals surface area contributed by atoms with Crippen molar-refractivity contribution < 1.29 is 4.79 Å². The molecular weight excluding hydrogens is 288 g/mol. The van der Waals surface area contributed by atoms with Crippen LogP contribution in [0, 0.1) is 17.2 Å². The number of hydrogen-bond donors (Lipinski definition) is 1. The van der Waals surface area contributed by atoms with E-state index >= 15 is 0 Å². The molecule has 0 unspecified atom stereocenters. The van der Waals surface area contributed by atoms with E-state index in [1.807, 2.05) is 37.3 Å². The molecule has 1 saturated heterocycles. The monoisotopic (exact) mass is 308 g/mol. The molecule has 2 heterocycles. The second-order valence-electron chi connectivity index (χ2n) is 5.81. The molecule has 0 bridgehead atoms. The molecule has 118 valence electrons. The van der Waals surface area contributed by atoms with E-state index in [0.717, 1.165) is 42.5 Å². The number of fused-ring (bicyclic) bond motifs is 1. The molecule has 0 radical (unpaired) electrons. The predicted molar refractivity (Wildman–Crippen MR) is 90.1 cm³/mol. The van der Waals surface area contributed by atoms with E-state index < -0.39 is 0 Å². The lowest BCUT2D eigenvalue weighted by Gasteiger charge is -2.33. The summed E-state index contributed by atoms with van der Waals surface area (Å²) in [5.74, 6) is 0.249. The van der Waals surface area contributed by atoms with Gasteiger partial charge in [-0.15, -0.1) is 0 Å². The Labute approximate surface area is 135 Å². The zero-order valence-corrected chi connectivity index (χ0v) is 13.2. The molecule has 2 aromatic rings. The number of para-hydroxylation sites is 1. The Morgan fingerprint density at radius 3 is 2.83 bits per heavy atom. The van der Waals surface area contributed by atoms with Crippen LogP contribution in [-0.4, -0.2) is 30.5 Å². The first-order valence-electron chi connectivity index (χ1n) is 8.05. The number of rotatable bonds is 3. The van der Waals surface area contributed by atoms with Gasteiger partial charge in [-0.25, -0.2) is 4.98 Å². The minimum absolute atomic E-state index is 0.0924. The van der Waals surface area contributed by atoms with Crippen LogP contribution in [0.25, 0.3) is 10.9 Å². The maximum absolute atomic E-state index is 12.0. The van der Waals surface area contributed by atoms with Crippen molar-refractivity contribution in [2.24, 2.45) is 5.92 Å². The molecule has 1 amide bonds. The lowest BCUT2D eigenvalue weighted by atomic mass is 9.95. The molecular formula is C18H20N4O. The highest BCUT2D eigenvalue weighted by atomic mass is 16.1. The summed E-state index contributed by atoms with van der Waals surface area (Å²) in [6.07, 6.45) is 1.68. The van der Waals surface area contributed by atoms with Gasteiger partial charge in [0.15, 0.2) is 0 Å². The van der Waals surface area contributed by atoms with Crippen molar-refractivity contribution in [3.05, 3.63) is 36.0 Å². The van der Waals surface area contributed by atoms with Crippen molar-refractivity contribution in [2.45, 2.75) is 19.8 Å². The average Bonchev–Trinajstić information content (AvgIpc) is 2.61. The molecule has 0 saturated carbocycles. The molecule has 5 heteroatoms. The van der Waals surface area contributed by atoms with Crippen LogP contribution in [0.2, 0.25) is 0 Å². The van der Waals surface area contributed by atoms with Crippen molar-refractivity contribution in [1.82, 2.24) is 10.3 Å². The van der Waals surface area contributed by atoms with Gasteiger partial charge < -0.3 is 10.2 Å². The number of nitrogens with one attached hydrogen (secondary N) is 1. The Kier molecular flexibility index (Phi) is 4.42. The molecule has 0 spiro atoms. The van der Waals surface area contributed by atoms with Gasteiger partial charge in [-0.05, 0) is 31.9 Å². The van der Waals surface area contributed by atoms with E-state index in [-0.39, 0.29) is 11.8 Å². The predicted octanol–water partition coefficient (Wildman–Crippen LogP) is 2.46. The lowest BCUT2D eigenvalue weighted by molar-refractivity contribution is -0.125. The number of aromatic nitrogens is 1. The zero-order chi connectivity index (χ0) is 16.2. The Balaban J connectivity index is 1.85. The van der Waals surface area contributed by atoms with Crippen LogP contribution >= 0.6 is 0 Å². The molecule has 1 aliphatic heterocycles. The Bertz CT molecular complexity index is 757. The molecule has 5 nitrogen and oxygen atoms in total. The third kappa shape index (κ3) is 3.11. The van der Waals surface area contributed by atoms with E-state index in [0.29, 0.717) is 12.2 Å². The molecule has 0 atom stereocenters. The van der Waals surface area contributed by atoms with Crippen molar-refractivity contribution in [2.75, 3.05) is 24.5 Å². The van der Waals surface area contributed by atoms with Crippen LogP contribution in [0.3, 0.4) is 0 Å². The van der Waals surface area contributed by atoms with Crippen molar-refractivity contribution in [3.63, 3.8) is 0 Å². The zero-order valence-electron chi connectivity index (χ0n) is 13.2. The van der Waals surface area contributed by atoms with Gasteiger partial charge in [0, 0.05) is 36.6 Å². The van der Waals surface area contributed by atoms with Crippen LogP contribution in [0.5, 0.6) is 0 Å². The number of amides is 1. The number of nitrogens with zero attached hydrogens (tertiary/aromatic N) is 3. The van der Waals surface area contributed by atoms with Gasteiger partial charge in [0.25, 0.3) is 0 Å². The van der Waals surface area contributed by atoms with E-state index in [1.165, 1.54) is 0 Å². The molecule has 1 fully saturated rings. The second-order valence-corrected chi connectivity index (χ2v) is 5.81. The van der Waals surface area contributed by atoms with Crippen molar-refractivity contribution in [3.8, 4) is 6.07 Å². The fourth-order valence-electron chi connectivity index (χ4n) is 3.18. The van der Waals surface area contributed by atoms with Crippen molar-refractivity contribution in [1.29, 1.82) is 5.26 Å². The van der Waals surface area contributed by atoms with E-state index in [1.54, 1.807) is 0 Å². The summed E-state index contributed by atoms with van der Waals surface area (Å²) in [6.45, 7) is 4.26. The fraction of sp³-hybridized carbons (Fsp3) is 0.389. The quantitative estimate of drug-likeness (QED) is 0.945. The second kappa shape index (κ2) is 6.66. The van der Waals surface area contributed by atoms with Crippen LogP contribution in [-0.2, 0) is 4.79 Å². The summed E-state index contributed by atoms with van der Waals surface area (Å²) < 4.78 is 0. The summed E-state index contributed by atoms with van der Waals surface area (Å²) in [7, 11) is 0. The highest BCUT2D eigenvalue weighted by molar-refractivity contribution is 5.92. The molecule has 1 aliphatic rings. The molecule has 3 rings (SSSR count). The first-order chi connectivity index (χ1) is 11.2. The van der Waals surface area contributed by atoms with Crippen LogP contribution in [0.4, 0.5) is 5.69 Å². The Morgan fingerprint density at radius 1 is 1.39 bits per heavy atom. The molecule has 23 heavy (non-hydrogen) atoms. The number of carbonyl (C=O) groups is 1. The topological polar surface area (TPSA) is 69.0 Å². The van der Waals surface area contributed by atoms with Gasteiger partial charge in [0.2, 0.25) is 5.91 Å². The fourth-order valence-corrected chi connectivity index (χ4v) is 3.18. The maximum Gasteiger partial charge on any atom is 0.223 e. The van der Waals surface area contributed by atoms with Crippen LogP contribution in [0.15, 0.2) is 30.3 Å². The number of pyridine rings is 1. The minimum Gasteiger partial charge on any atom is -0.371 e. The summed E-state index contributed by atoms with van der Waals surface area (Å²) in [6, 6.07) is 11.9. The SMILES string of the molecule is CCNC(=O)C1CCN(c2cc(C#N)nc3ccccc23)CC1. The molecule has 1 aromatic carbocycles. The van der Waals surface area contributed by atoms with Gasteiger partial charge in [-0.3, -0.25) is 4.79 Å². The van der Waals surface area contributed by atoms with E-state index in [2.05, 4.69) is 21.3 Å². The average molecular weight is 308 g/mol. The number of anilines is 1. The standard InChI is InChI=1S/C18H20N4O/c1-2-20-18(23)13-7-9-22(10-8-13)17-11-14(12-19)21-16-6-4-3-5-15(16)17/h3-6,11,13H,2,7-10H2,1H3,(H,20,23). The van der Waals surface area contributed by atoms with Gasteiger partial charge >= 0.3 is 0 Å². The van der Waals surface area contributed by atoms with E-state index in [4.69, 9.17) is 0 Å². The number of nitriles is 1. The smallest absolute Gasteiger partial charge is 0.223 e. The van der Waals surface area contributed by atoms with Crippen LogP contribution in [0.1, 0.15) is 25.5 Å². The van der Waals surface area contributed by atoms with Crippen molar-refractivity contribution >= 4 is 22.5 Å². The number of hydrogen-bond acceptors (Lipinski definition) is 4. The number of carbonyl (C=O) groups excluding carboxylic acids is 1. The number of piperidine rings is 1. The highest BCUT2D eigenvalue weighted by Gasteiger charge is 2.25. The van der Waals surface area contributed by atoms with E-state index in [9.17, 15) is 10.1 Å². The number of benzene rings is 1. The summed E-state index contributed by atoms with van der Waals surface area (Å²) in [5.41, 5.74) is 2.32. The van der Waals surface area contributed by atoms with Gasteiger partial charge in [0.05, 0.1) is 5.52 Å². The molecule has 0 aliphatic carbocycles. The third-order valence-corrected chi connectivity index (χ3v) is 4.37. The Hall–Kier alpha value is -2.61. The largest absolute Gasteiger partial charge is 0.371 e. The van der Waals surface area contributed by atoms with Gasteiger partial charge in [0.1, 0.15) is 11.8 Å². The third-order valence-electron chi connectivity index (χ3n) is 4.37. The van der Waals surface area contributed by atoms with Gasteiger partial charge in [-0.1, -0.05) is 18.2 Å². The molecule has 1 aromatic heterocycles. The summed E-state index contributed by atoms with van der Waals surface area (Å²) in [4.78, 5) is 18.6. The molecule has 1 N–H and O–H groups in total. The Morgan fingerprint density at radius 2 is 2.13 bits per heavy atom. The van der Waals surface area contributed by atoms with Gasteiger partial charge in [-0.2, -0.15) is 5.26 Å². The summed E-state index contributed by atoms with van der Waals surface area (Å²) in [5, 5.41) is 13.2. The lowest BCUT2D eigenvalue weighted by Crippen LogP contribution is -2.40. The first-order valence-corrected chi connectivity index (χ1v) is 8.05. The first kappa shape index (κ1) is 15.3. The highest BCUT2D eigenvalue weighted by Crippen LogP contribution is 2.30. The summed E-state index contributed by atoms with van der Waals surface area (Å²) >= 11 is 0. The normalized spacial score (nSPS) is 15.4. The minimum atomic E-state index is 0.0924.